The Morgan fingerprint density at radius 3 is 2.37 bits per heavy atom. The highest BCUT2D eigenvalue weighted by Crippen LogP contribution is 2.30. The standard InChI is InChI=1S/C22H23N3O3S2/c1-5-11-25(12-6-2)30(27,28)18-9-7-17(8-10-18)21(26)24-22-23-19-14-15(3)13-16(4)20(19)29-22/h5-10,13-14H,1-2,11-12H2,3-4H3,(H,23,24,26). The molecule has 0 spiro atoms. The van der Waals surface area contributed by atoms with Gasteiger partial charge in [0.15, 0.2) is 5.13 Å². The summed E-state index contributed by atoms with van der Waals surface area (Å²) in [5.74, 6) is -0.346. The molecule has 1 N–H and O–H groups in total. The normalized spacial score (nSPS) is 11.6. The molecule has 3 aromatic rings. The Kier molecular flexibility index (Phi) is 6.50. The molecule has 30 heavy (non-hydrogen) atoms. The topological polar surface area (TPSA) is 79.4 Å². The number of aromatic nitrogens is 1. The number of carbonyl (C=O) groups is 1. The SMILES string of the molecule is C=CCN(CC=C)S(=O)(=O)c1ccc(C(=O)Nc2nc3cc(C)cc(C)c3s2)cc1. The van der Waals surface area contributed by atoms with Crippen LogP contribution in [0.2, 0.25) is 0 Å². The van der Waals surface area contributed by atoms with E-state index in [1.54, 1.807) is 0 Å². The van der Waals surface area contributed by atoms with E-state index in [9.17, 15) is 13.2 Å². The van der Waals surface area contributed by atoms with Gasteiger partial charge in [-0.25, -0.2) is 13.4 Å². The number of aryl methyl sites for hydroxylation is 2. The van der Waals surface area contributed by atoms with Crippen LogP contribution in [0.1, 0.15) is 21.5 Å². The minimum Gasteiger partial charge on any atom is -0.298 e. The van der Waals surface area contributed by atoms with Crippen molar-refractivity contribution in [1.29, 1.82) is 0 Å². The maximum absolute atomic E-state index is 12.8. The van der Waals surface area contributed by atoms with Gasteiger partial charge in [0.25, 0.3) is 5.91 Å². The van der Waals surface area contributed by atoms with Gasteiger partial charge in [-0.3, -0.25) is 10.1 Å². The maximum atomic E-state index is 12.8. The predicted octanol–water partition coefficient (Wildman–Crippen LogP) is 4.53. The molecule has 3 rings (SSSR count). The third-order valence-electron chi connectivity index (χ3n) is 4.46. The van der Waals surface area contributed by atoms with Crippen molar-refractivity contribution >= 4 is 42.6 Å². The van der Waals surface area contributed by atoms with Crippen molar-refractivity contribution in [2.75, 3.05) is 18.4 Å². The van der Waals surface area contributed by atoms with Crippen molar-refractivity contribution < 1.29 is 13.2 Å². The molecule has 6 nitrogen and oxygen atoms in total. The number of nitrogens with zero attached hydrogens (tertiary/aromatic N) is 2. The van der Waals surface area contributed by atoms with E-state index < -0.39 is 10.0 Å². The summed E-state index contributed by atoms with van der Waals surface area (Å²) in [6.45, 7) is 11.6. The minimum atomic E-state index is -3.70. The Hall–Kier alpha value is -2.81. The summed E-state index contributed by atoms with van der Waals surface area (Å²) in [5.41, 5.74) is 3.42. The van der Waals surface area contributed by atoms with Crippen molar-refractivity contribution in [3.05, 3.63) is 78.4 Å². The molecule has 1 heterocycles. The first-order chi connectivity index (χ1) is 14.3. The lowest BCUT2D eigenvalue weighted by Crippen LogP contribution is -2.31. The average Bonchev–Trinajstić information content (AvgIpc) is 3.10. The quantitative estimate of drug-likeness (QED) is 0.521. The first-order valence-electron chi connectivity index (χ1n) is 9.27. The van der Waals surface area contributed by atoms with Crippen molar-refractivity contribution in [2.24, 2.45) is 0 Å². The summed E-state index contributed by atoms with van der Waals surface area (Å²) in [6, 6.07) is 9.89. The van der Waals surface area contributed by atoms with Gasteiger partial charge in [-0.15, -0.1) is 13.2 Å². The van der Waals surface area contributed by atoms with Crippen molar-refractivity contribution in [3.63, 3.8) is 0 Å². The highest BCUT2D eigenvalue weighted by Gasteiger charge is 2.22. The van der Waals surface area contributed by atoms with E-state index in [1.807, 2.05) is 19.9 Å². The first-order valence-corrected chi connectivity index (χ1v) is 11.5. The molecule has 8 heteroatoms. The van der Waals surface area contributed by atoms with Gasteiger partial charge in [-0.1, -0.05) is 29.6 Å². The van der Waals surface area contributed by atoms with Crippen LogP contribution in [0.4, 0.5) is 5.13 Å². The number of amides is 1. The van der Waals surface area contributed by atoms with Gasteiger partial charge >= 0.3 is 0 Å². The molecular formula is C22H23N3O3S2. The number of hydrogen-bond acceptors (Lipinski definition) is 5. The highest BCUT2D eigenvalue weighted by molar-refractivity contribution is 7.89. The van der Waals surface area contributed by atoms with Crippen LogP contribution in [-0.4, -0.2) is 36.7 Å². The van der Waals surface area contributed by atoms with Gasteiger partial charge in [0.05, 0.1) is 15.1 Å². The molecule has 0 bridgehead atoms. The molecule has 0 aliphatic carbocycles. The van der Waals surface area contributed by atoms with Crippen LogP contribution in [0.25, 0.3) is 10.2 Å². The molecule has 1 aromatic heterocycles. The van der Waals surface area contributed by atoms with Crippen LogP contribution < -0.4 is 5.32 Å². The second kappa shape index (κ2) is 8.91. The summed E-state index contributed by atoms with van der Waals surface area (Å²) >= 11 is 1.41. The fourth-order valence-corrected chi connectivity index (χ4v) is 5.38. The average molecular weight is 442 g/mol. The van der Waals surface area contributed by atoms with E-state index in [2.05, 4.69) is 29.5 Å². The van der Waals surface area contributed by atoms with E-state index in [4.69, 9.17) is 0 Å². The van der Waals surface area contributed by atoms with E-state index in [0.717, 1.165) is 21.3 Å². The molecule has 2 aromatic carbocycles. The molecular weight excluding hydrogens is 418 g/mol. The van der Waals surface area contributed by atoms with Crippen molar-refractivity contribution in [1.82, 2.24) is 9.29 Å². The largest absolute Gasteiger partial charge is 0.298 e. The summed E-state index contributed by atoms with van der Waals surface area (Å²) in [5, 5.41) is 3.30. The lowest BCUT2D eigenvalue weighted by Gasteiger charge is -2.19. The second-order valence-corrected chi connectivity index (χ2v) is 9.76. The van der Waals surface area contributed by atoms with Crippen LogP contribution in [0.15, 0.2) is 66.6 Å². The van der Waals surface area contributed by atoms with Crippen LogP contribution >= 0.6 is 11.3 Å². The molecule has 0 saturated carbocycles. The second-order valence-electron chi connectivity index (χ2n) is 6.83. The van der Waals surface area contributed by atoms with Crippen molar-refractivity contribution in [2.45, 2.75) is 18.7 Å². The number of thiazole rings is 1. The van der Waals surface area contributed by atoms with Gasteiger partial charge < -0.3 is 0 Å². The zero-order chi connectivity index (χ0) is 21.9. The zero-order valence-corrected chi connectivity index (χ0v) is 18.5. The third kappa shape index (κ3) is 4.51. The van der Waals surface area contributed by atoms with Crippen LogP contribution in [0.3, 0.4) is 0 Å². The van der Waals surface area contributed by atoms with Crippen molar-refractivity contribution in [3.8, 4) is 0 Å². The van der Waals surface area contributed by atoms with Crippen LogP contribution in [0, 0.1) is 13.8 Å². The number of sulfonamides is 1. The number of hydrogen-bond donors (Lipinski definition) is 1. The van der Waals surface area contributed by atoms with E-state index in [1.165, 1.54) is 52.1 Å². The van der Waals surface area contributed by atoms with E-state index in [-0.39, 0.29) is 23.9 Å². The number of fused-ring (bicyclic) bond motifs is 1. The molecule has 156 valence electrons. The molecule has 0 fully saturated rings. The Morgan fingerprint density at radius 2 is 1.77 bits per heavy atom. The summed E-state index contributed by atoms with van der Waals surface area (Å²) in [7, 11) is -3.70. The smallest absolute Gasteiger partial charge is 0.257 e. The Morgan fingerprint density at radius 1 is 1.13 bits per heavy atom. The van der Waals surface area contributed by atoms with Gasteiger partial charge in [-0.2, -0.15) is 4.31 Å². The van der Waals surface area contributed by atoms with Crippen LogP contribution in [0.5, 0.6) is 0 Å². The third-order valence-corrected chi connectivity index (χ3v) is 7.43. The van der Waals surface area contributed by atoms with Gasteiger partial charge in [-0.05, 0) is 55.3 Å². The molecule has 0 aliphatic heterocycles. The van der Waals surface area contributed by atoms with Gasteiger partial charge in [0, 0.05) is 18.7 Å². The molecule has 0 unspecified atom stereocenters. The minimum absolute atomic E-state index is 0.105. The highest BCUT2D eigenvalue weighted by atomic mass is 32.2. The zero-order valence-electron chi connectivity index (χ0n) is 16.9. The lowest BCUT2D eigenvalue weighted by atomic mass is 10.1. The summed E-state index contributed by atoms with van der Waals surface area (Å²) < 4.78 is 27.8. The van der Waals surface area contributed by atoms with Crippen LogP contribution in [-0.2, 0) is 10.0 Å². The Balaban J connectivity index is 1.80. The Bertz CT molecular complexity index is 1200. The monoisotopic (exact) mass is 441 g/mol. The molecule has 0 saturated heterocycles. The number of rotatable bonds is 8. The number of nitrogens with one attached hydrogen (secondary N) is 1. The number of carbonyl (C=O) groups excluding carboxylic acids is 1. The molecule has 0 aliphatic rings. The number of anilines is 1. The molecule has 0 radical (unpaired) electrons. The lowest BCUT2D eigenvalue weighted by molar-refractivity contribution is 0.102. The first kappa shape index (κ1) is 21.9. The van der Waals surface area contributed by atoms with Gasteiger partial charge in [0.1, 0.15) is 0 Å². The maximum Gasteiger partial charge on any atom is 0.257 e. The molecule has 1 amide bonds. The Labute approximate surface area is 180 Å². The predicted molar refractivity (Wildman–Crippen MR) is 123 cm³/mol. The summed E-state index contributed by atoms with van der Waals surface area (Å²) in [4.78, 5) is 17.2. The van der Waals surface area contributed by atoms with E-state index in [0.29, 0.717) is 10.7 Å². The fraction of sp³-hybridized carbons (Fsp3) is 0.182. The number of benzene rings is 2. The molecule has 0 atom stereocenters. The fourth-order valence-electron chi connectivity index (χ4n) is 3.09. The van der Waals surface area contributed by atoms with Gasteiger partial charge in [0.2, 0.25) is 10.0 Å². The summed E-state index contributed by atoms with van der Waals surface area (Å²) in [6.07, 6.45) is 3.04. The van der Waals surface area contributed by atoms with E-state index >= 15 is 0 Å².